The molecule has 1 amide bonds. The summed E-state index contributed by atoms with van der Waals surface area (Å²) in [5.74, 6) is -0.505. The van der Waals surface area contributed by atoms with Gasteiger partial charge in [0, 0.05) is 36.3 Å². The highest BCUT2D eigenvalue weighted by Gasteiger charge is 2.45. The molecule has 1 unspecified atom stereocenters. The van der Waals surface area contributed by atoms with Crippen LogP contribution in [0.2, 0.25) is 0 Å². The van der Waals surface area contributed by atoms with Crippen molar-refractivity contribution >= 4 is 27.7 Å². The Labute approximate surface area is 147 Å². The number of pyridine rings is 1. The Hall–Kier alpha value is -1.93. The van der Waals surface area contributed by atoms with E-state index >= 15 is 0 Å². The average Bonchev–Trinajstić information content (AvgIpc) is 3.10. The normalized spacial score (nSPS) is 28.1. The number of allylic oxidation sites excluding steroid dienone is 1. The second-order valence-corrected chi connectivity index (χ2v) is 9.06. The van der Waals surface area contributed by atoms with Gasteiger partial charge in [0.1, 0.15) is 0 Å². The van der Waals surface area contributed by atoms with Crippen LogP contribution in [0.4, 0.5) is 5.69 Å². The molecular weight excluding hydrogens is 340 g/mol. The summed E-state index contributed by atoms with van der Waals surface area (Å²) in [6, 6.07) is 0.191. The van der Waals surface area contributed by atoms with Gasteiger partial charge in [-0.15, -0.1) is 0 Å². The van der Waals surface area contributed by atoms with Crippen LogP contribution in [0.1, 0.15) is 47.3 Å². The first kappa shape index (κ1) is 16.5. The van der Waals surface area contributed by atoms with Crippen LogP contribution in [0.15, 0.2) is 12.3 Å². The monoisotopic (exact) mass is 362 g/mol. The number of piperidine rings is 1. The molecule has 8 heteroatoms. The quantitative estimate of drug-likeness (QED) is 0.835. The molecule has 1 aliphatic carbocycles. The van der Waals surface area contributed by atoms with Crippen LogP contribution in [0.25, 0.3) is 6.08 Å². The standard InChI is InChI=1S/C17H22N4O3S/c1-25(23,24)21-11-5-6-12(21)8-10(7-11)20-16-13-3-2-4-15(13)19-9-14(16)17(18)22/h2-3,9-12H,4-8H2,1H3,(H2,18,22)(H,19,20)/t10?,11-,12+. The summed E-state index contributed by atoms with van der Waals surface area (Å²) >= 11 is 0. The number of hydrogen-bond acceptors (Lipinski definition) is 5. The van der Waals surface area contributed by atoms with Gasteiger partial charge in [0.05, 0.1) is 23.2 Å². The number of nitrogens with one attached hydrogen (secondary N) is 1. The van der Waals surface area contributed by atoms with E-state index in [4.69, 9.17) is 5.73 Å². The average molecular weight is 362 g/mol. The predicted octanol–water partition coefficient (Wildman–Crippen LogP) is 1.12. The molecule has 1 aromatic heterocycles. The minimum atomic E-state index is -3.18. The number of sulfonamides is 1. The second kappa shape index (κ2) is 5.81. The highest BCUT2D eigenvalue weighted by atomic mass is 32.2. The van der Waals surface area contributed by atoms with E-state index < -0.39 is 15.9 Å². The van der Waals surface area contributed by atoms with E-state index in [1.807, 2.05) is 12.2 Å². The molecule has 3 heterocycles. The lowest BCUT2D eigenvalue weighted by atomic mass is 9.98. The van der Waals surface area contributed by atoms with E-state index in [1.165, 1.54) is 12.5 Å². The van der Waals surface area contributed by atoms with Gasteiger partial charge in [0.25, 0.3) is 5.91 Å². The van der Waals surface area contributed by atoms with Gasteiger partial charge < -0.3 is 11.1 Å². The first-order chi connectivity index (χ1) is 11.8. The van der Waals surface area contributed by atoms with Gasteiger partial charge in [-0.2, -0.15) is 4.31 Å². The fourth-order valence-electron chi connectivity index (χ4n) is 4.54. The fourth-order valence-corrected chi connectivity index (χ4v) is 6.00. The Bertz CT molecular complexity index is 851. The van der Waals surface area contributed by atoms with Crippen molar-refractivity contribution in [1.82, 2.24) is 9.29 Å². The summed E-state index contributed by atoms with van der Waals surface area (Å²) in [7, 11) is -3.18. The van der Waals surface area contributed by atoms with Crippen molar-refractivity contribution in [1.29, 1.82) is 0 Å². The molecular formula is C17H22N4O3S. The number of hydrogen-bond donors (Lipinski definition) is 2. The SMILES string of the molecule is CS(=O)(=O)N1[C@@H]2CC[C@H]1CC(Nc1c(C(N)=O)cnc3c1C=CC3)C2. The maximum absolute atomic E-state index is 12.0. The summed E-state index contributed by atoms with van der Waals surface area (Å²) in [5.41, 5.74) is 8.52. The molecule has 1 aromatic rings. The molecule has 2 fully saturated rings. The third-order valence-electron chi connectivity index (χ3n) is 5.46. The zero-order valence-corrected chi connectivity index (χ0v) is 14.9. The highest BCUT2D eigenvalue weighted by molar-refractivity contribution is 7.88. The molecule has 2 aliphatic heterocycles. The topological polar surface area (TPSA) is 105 Å². The van der Waals surface area contributed by atoms with E-state index in [1.54, 1.807) is 4.31 Å². The lowest BCUT2D eigenvalue weighted by molar-refractivity contribution is 0.100. The maximum Gasteiger partial charge on any atom is 0.252 e. The van der Waals surface area contributed by atoms with Crippen molar-refractivity contribution in [2.24, 2.45) is 5.73 Å². The molecule has 2 bridgehead atoms. The molecule has 134 valence electrons. The van der Waals surface area contributed by atoms with Gasteiger partial charge in [0.2, 0.25) is 10.0 Å². The Morgan fingerprint density at radius 1 is 1.32 bits per heavy atom. The highest BCUT2D eigenvalue weighted by Crippen LogP contribution is 2.39. The summed E-state index contributed by atoms with van der Waals surface area (Å²) in [5, 5.41) is 3.49. The van der Waals surface area contributed by atoms with E-state index in [0.29, 0.717) is 5.56 Å². The number of nitrogens with zero attached hydrogens (tertiary/aromatic N) is 2. The van der Waals surface area contributed by atoms with Crippen molar-refractivity contribution in [3.8, 4) is 0 Å². The molecule has 0 saturated carbocycles. The minimum absolute atomic E-state index is 0.0358. The Morgan fingerprint density at radius 3 is 2.60 bits per heavy atom. The summed E-state index contributed by atoms with van der Waals surface area (Å²) in [4.78, 5) is 16.1. The lowest BCUT2D eigenvalue weighted by Gasteiger charge is -2.38. The molecule has 3 aliphatic rings. The van der Waals surface area contributed by atoms with Crippen molar-refractivity contribution < 1.29 is 13.2 Å². The molecule has 0 spiro atoms. The number of primary amides is 1. The summed E-state index contributed by atoms with van der Waals surface area (Å²) in [6.07, 6.45) is 10.8. The molecule has 3 atom stereocenters. The largest absolute Gasteiger partial charge is 0.381 e. The number of nitrogens with two attached hydrogens (primary N) is 1. The minimum Gasteiger partial charge on any atom is -0.381 e. The zero-order valence-electron chi connectivity index (χ0n) is 14.1. The van der Waals surface area contributed by atoms with E-state index in [-0.39, 0.29) is 18.1 Å². The maximum atomic E-state index is 12.0. The number of carbonyl (C=O) groups is 1. The van der Waals surface area contributed by atoms with Crippen LogP contribution in [0.3, 0.4) is 0 Å². The van der Waals surface area contributed by atoms with Crippen LogP contribution in [-0.4, -0.2) is 48.0 Å². The van der Waals surface area contributed by atoms with Crippen LogP contribution < -0.4 is 11.1 Å². The van der Waals surface area contributed by atoms with Gasteiger partial charge in [-0.25, -0.2) is 8.42 Å². The molecule has 7 nitrogen and oxygen atoms in total. The van der Waals surface area contributed by atoms with E-state index in [9.17, 15) is 13.2 Å². The Kier molecular flexibility index (Phi) is 3.84. The van der Waals surface area contributed by atoms with Crippen LogP contribution in [0.5, 0.6) is 0 Å². The van der Waals surface area contributed by atoms with Crippen molar-refractivity contribution in [2.45, 2.75) is 50.2 Å². The molecule has 0 aromatic carbocycles. The Balaban J connectivity index is 1.62. The predicted molar refractivity (Wildman–Crippen MR) is 95.6 cm³/mol. The zero-order chi connectivity index (χ0) is 17.8. The summed E-state index contributed by atoms with van der Waals surface area (Å²) < 4.78 is 25.7. The smallest absolute Gasteiger partial charge is 0.252 e. The number of amides is 1. The molecule has 3 N–H and O–H groups in total. The third-order valence-corrected chi connectivity index (χ3v) is 6.82. The lowest BCUT2D eigenvalue weighted by Crippen LogP contribution is -2.49. The molecule has 2 saturated heterocycles. The third kappa shape index (κ3) is 2.83. The van der Waals surface area contributed by atoms with Crippen LogP contribution >= 0.6 is 0 Å². The first-order valence-electron chi connectivity index (χ1n) is 8.58. The number of anilines is 1. The van der Waals surface area contributed by atoms with Gasteiger partial charge >= 0.3 is 0 Å². The van der Waals surface area contributed by atoms with Crippen molar-refractivity contribution in [3.05, 3.63) is 29.1 Å². The van der Waals surface area contributed by atoms with E-state index in [0.717, 1.165) is 49.0 Å². The number of carbonyl (C=O) groups excluding carboxylic acids is 1. The molecule has 25 heavy (non-hydrogen) atoms. The van der Waals surface area contributed by atoms with Crippen molar-refractivity contribution in [2.75, 3.05) is 11.6 Å². The molecule has 4 rings (SSSR count). The second-order valence-electron chi connectivity index (χ2n) is 7.17. The van der Waals surface area contributed by atoms with Gasteiger partial charge in [0.15, 0.2) is 0 Å². The molecule has 0 radical (unpaired) electrons. The number of rotatable bonds is 4. The number of aromatic nitrogens is 1. The van der Waals surface area contributed by atoms with Gasteiger partial charge in [-0.3, -0.25) is 9.78 Å². The van der Waals surface area contributed by atoms with Crippen molar-refractivity contribution in [3.63, 3.8) is 0 Å². The van der Waals surface area contributed by atoms with Gasteiger partial charge in [-0.1, -0.05) is 12.2 Å². The summed E-state index contributed by atoms with van der Waals surface area (Å²) in [6.45, 7) is 0. The van der Waals surface area contributed by atoms with Gasteiger partial charge in [-0.05, 0) is 25.7 Å². The van der Waals surface area contributed by atoms with E-state index in [2.05, 4.69) is 10.3 Å². The first-order valence-corrected chi connectivity index (χ1v) is 10.4. The van der Waals surface area contributed by atoms with Crippen LogP contribution in [-0.2, 0) is 16.4 Å². The van der Waals surface area contributed by atoms with Crippen LogP contribution in [0, 0.1) is 0 Å². The number of fused-ring (bicyclic) bond motifs is 3. The Morgan fingerprint density at radius 2 is 2.00 bits per heavy atom. The fraction of sp³-hybridized carbons (Fsp3) is 0.529.